The Morgan fingerprint density at radius 3 is 2.68 bits per heavy atom. The molecule has 0 spiro atoms. The molecule has 1 aliphatic rings. The summed E-state index contributed by atoms with van der Waals surface area (Å²) in [4.78, 5) is 0. The van der Waals surface area contributed by atoms with Crippen LogP contribution >= 0.6 is 0 Å². The van der Waals surface area contributed by atoms with Crippen molar-refractivity contribution < 1.29 is 13.5 Å². The Hall–Kier alpha value is -1.16. The highest BCUT2D eigenvalue weighted by Crippen LogP contribution is 2.39. The minimum absolute atomic E-state index is 0.113. The molecule has 1 N–H and O–H groups in total. The monoisotopic (exact) mass is 269 g/mol. The molecule has 0 bridgehead atoms. The van der Waals surface area contributed by atoms with Crippen LogP contribution in [-0.2, 0) is 0 Å². The SMILES string of the molecule is CCCNC(CC1CC1)c1ccccc1OC(F)F. The Bertz CT molecular complexity index is 393. The van der Waals surface area contributed by atoms with Gasteiger partial charge >= 0.3 is 6.61 Å². The second-order valence-electron chi connectivity index (χ2n) is 5.10. The number of rotatable bonds is 8. The molecule has 2 rings (SSSR count). The predicted molar refractivity (Wildman–Crippen MR) is 71.4 cm³/mol. The lowest BCUT2D eigenvalue weighted by atomic mass is 10.00. The van der Waals surface area contributed by atoms with Gasteiger partial charge in [0.25, 0.3) is 0 Å². The molecule has 0 saturated heterocycles. The van der Waals surface area contributed by atoms with Gasteiger partial charge in [0.1, 0.15) is 5.75 Å². The van der Waals surface area contributed by atoms with Crippen molar-refractivity contribution in [2.45, 2.75) is 45.3 Å². The molecule has 4 heteroatoms. The molecule has 0 aromatic heterocycles. The first-order chi connectivity index (χ1) is 9.20. The summed E-state index contributed by atoms with van der Waals surface area (Å²) in [7, 11) is 0. The summed E-state index contributed by atoms with van der Waals surface area (Å²) in [5.74, 6) is 1.03. The number of halogens is 2. The molecule has 2 nitrogen and oxygen atoms in total. The van der Waals surface area contributed by atoms with Crippen molar-refractivity contribution in [1.29, 1.82) is 0 Å². The summed E-state index contributed by atoms with van der Waals surface area (Å²) < 4.78 is 29.5. The number of benzene rings is 1. The van der Waals surface area contributed by atoms with Crippen LogP contribution in [0.4, 0.5) is 8.78 Å². The van der Waals surface area contributed by atoms with E-state index in [0.717, 1.165) is 30.9 Å². The summed E-state index contributed by atoms with van der Waals surface area (Å²) in [5.41, 5.74) is 0.850. The van der Waals surface area contributed by atoms with E-state index < -0.39 is 6.61 Å². The van der Waals surface area contributed by atoms with Gasteiger partial charge in [0, 0.05) is 11.6 Å². The summed E-state index contributed by atoms with van der Waals surface area (Å²) in [6, 6.07) is 7.22. The van der Waals surface area contributed by atoms with Crippen LogP contribution in [0.15, 0.2) is 24.3 Å². The van der Waals surface area contributed by atoms with E-state index in [2.05, 4.69) is 17.0 Å². The molecular weight excluding hydrogens is 248 g/mol. The molecular formula is C15H21F2NO. The van der Waals surface area contributed by atoms with E-state index in [1.54, 1.807) is 12.1 Å². The molecule has 19 heavy (non-hydrogen) atoms. The molecule has 106 valence electrons. The molecule has 1 aromatic rings. The van der Waals surface area contributed by atoms with E-state index in [4.69, 9.17) is 0 Å². The Morgan fingerprint density at radius 1 is 1.32 bits per heavy atom. The van der Waals surface area contributed by atoms with Crippen LogP contribution in [-0.4, -0.2) is 13.2 Å². The highest BCUT2D eigenvalue weighted by molar-refractivity contribution is 5.36. The van der Waals surface area contributed by atoms with Crippen LogP contribution in [0.5, 0.6) is 5.75 Å². The van der Waals surface area contributed by atoms with E-state index in [1.807, 2.05) is 12.1 Å². The number of hydrogen-bond donors (Lipinski definition) is 1. The zero-order valence-corrected chi connectivity index (χ0v) is 11.2. The topological polar surface area (TPSA) is 21.3 Å². The van der Waals surface area contributed by atoms with Crippen LogP contribution in [0.1, 0.15) is 44.2 Å². The molecule has 1 atom stereocenters. The molecule has 1 saturated carbocycles. The maximum absolute atomic E-state index is 12.4. The van der Waals surface area contributed by atoms with Gasteiger partial charge < -0.3 is 10.1 Å². The van der Waals surface area contributed by atoms with Gasteiger partial charge in [0.2, 0.25) is 0 Å². The number of para-hydroxylation sites is 1. The second-order valence-corrected chi connectivity index (χ2v) is 5.10. The maximum Gasteiger partial charge on any atom is 0.387 e. The third kappa shape index (κ3) is 4.46. The number of hydrogen-bond acceptors (Lipinski definition) is 2. The van der Waals surface area contributed by atoms with Gasteiger partial charge in [-0.2, -0.15) is 8.78 Å². The zero-order valence-electron chi connectivity index (χ0n) is 11.2. The summed E-state index contributed by atoms with van der Waals surface area (Å²) in [6.07, 6.45) is 4.53. The fourth-order valence-electron chi connectivity index (χ4n) is 2.30. The van der Waals surface area contributed by atoms with E-state index in [-0.39, 0.29) is 6.04 Å². The Balaban J connectivity index is 2.13. The first-order valence-corrected chi connectivity index (χ1v) is 6.97. The van der Waals surface area contributed by atoms with Gasteiger partial charge in [-0.05, 0) is 31.4 Å². The first kappa shape index (κ1) is 14.3. The lowest BCUT2D eigenvalue weighted by Gasteiger charge is -2.21. The second kappa shape index (κ2) is 6.85. The summed E-state index contributed by atoms with van der Waals surface area (Å²) >= 11 is 0. The molecule has 0 amide bonds. The molecule has 0 heterocycles. The normalized spacial score (nSPS) is 16.6. The van der Waals surface area contributed by atoms with Gasteiger partial charge in [0.05, 0.1) is 0 Å². The smallest absolute Gasteiger partial charge is 0.387 e. The van der Waals surface area contributed by atoms with E-state index >= 15 is 0 Å². The van der Waals surface area contributed by atoms with Crippen molar-refractivity contribution in [1.82, 2.24) is 5.32 Å². The van der Waals surface area contributed by atoms with E-state index in [1.165, 1.54) is 12.8 Å². The molecule has 1 unspecified atom stereocenters. The minimum atomic E-state index is -2.77. The summed E-state index contributed by atoms with van der Waals surface area (Å²) in [6.45, 7) is 0.220. The molecule has 1 aliphatic carbocycles. The van der Waals surface area contributed by atoms with Crippen molar-refractivity contribution in [2.75, 3.05) is 6.54 Å². The van der Waals surface area contributed by atoms with Gasteiger partial charge in [-0.15, -0.1) is 0 Å². The van der Waals surface area contributed by atoms with Gasteiger partial charge in [-0.1, -0.05) is 38.0 Å². The quantitative estimate of drug-likeness (QED) is 0.766. The molecule has 1 aromatic carbocycles. The highest BCUT2D eigenvalue weighted by Gasteiger charge is 2.27. The molecule has 1 fully saturated rings. The maximum atomic E-state index is 12.4. The van der Waals surface area contributed by atoms with Crippen molar-refractivity contribution in [2.24, 2.45) is 5.92 Å². The van der Waals surface area contributed by atoms with Crippen LogP contribution in [0.25, 0.3) is 0 Å². The average molecular weight is 269 g/mol. The Kier molecular flexibility index (Phi) is 5.14. The Labute approximate surface area is 113 Å². The number of ether oxygens (including phenoxy) is 1. The van der Waals surface area contributed by atoms with Crippen LogP contribution in [0.2, 0.25) is 0 Å². The third-order valence-corrected chi connectivity index (χ3v) is 3.42. The number of nitrogens with one attached hydrogen (secondary N) is 1. The van der Waals surface area contributed by atoms with Crippen molar-refractivity contribution in [3.8, 4) is 5.75 Å². The zero-order chi connectivity index (χ0) is 13.7. The van der Waals surface area contributed by atoms with Gasteiger partial charge in [-0.3, -0.25) is 0 Å². The minimum Gasteiger partial charge on any atom is -0.434 e. The fourth-order valence-corrected chi connectivity index (χ4v) is 2.30. The van der Waals surface area contributed by atoms with Gasteiger partial charge in [-0.25, -0.2) is 0 Å². The fraction of sp³-hybridized carbons (Fsp3) is 0.600. The summed E-state index contributed by atoms with van der Waals surface area (Å²) in [5, 5.41) is 3.45. The molecule has 0 aliphatic heterocycles. The van der Waals surface area contributed by atoms with Crippen molar-refractivity contribution >= 4 is 0 Å². The van der Waals surface area contributed by atoms with Crippen molar-refractivity contribution in [3.05, 3.63) is 29.8 Å². The lowest BCUT2D eigenvalue weighted by molar-refractivity contribution is -0.0507. The number of alkyl halides is 2. The third-order valence-electron chi connectivity index (χ3n) is 3.42. The van der Waals surface area contributed by atoms with Crippen LogP contribution < -0.4 is 10.1 Å². The van der Waals surface area contributed by atoms with E-state index in [9.17, 15) is 8.78 Å². The molecule has 0 radical (unpaired) electrons. The average Bonchev–Trinajstić information content (AvgIpc) is 3.18. The highest BCUT2D eigenvalue weighted by atomic mass is 19.3. The van der Waals surface area contributed by atoms with Gasteiger partial charge in [0.15, 0.2) is 0 Å². The lowest BCUT2D eigenvalue weighted by Crippen LogP contribution is -2.23. The van der Waals surface area contributed by atoms with E-state index in [0.29, 0.717) is 5.75 Å². The largest absolute Gasteiger partial charge is 0.434 e. The first-order valence-electron chi connectivity index (χ1n) is 6.97. The van der Waals surface area contributed by atoms with Crippen LogP contribution in [0.3, 0.4) is 0 Å². The van der Waals surface area contributed by atoms with Crippen LogP contribution in [0, 0.1) is 5.92 Å². The standard InChI is InChI=1S/C15H21F2NO/c1-2-9-18-13(10-11-7-8-11)12-5-3-4-6-14(12)19-15(16)17/h3-6,11,13,15,18H,2,7-10H2,1H3. The Morgan fingerprint density at radius 2 is 2.05 bits per heavy atom. The van der Waals surface area contributed by atoms with Crippen molar-refractivity contribution in [3.63, 3.8) is 0 Å². The predicted octanol–water partition coefficient (Wildman–Crippen LogP) is 4.13.